The average molecular weight is 435 g/mol. The summed E-state index contributed by atoms with van der Waals surface area (Å²) in [6.45, 7) is 2.56. The molecule has 2 aliphatic heterocycles. The Morgan fingerprint density at radius 3 is 2.44 bits per heavy atom. The summed E-state index contributed by atoms with van der Waals surface area (Å²) in [4.78, 5) is 31.9. The largest absolute Gasteiger partial charge is 0.497 e. The molecule has 0 bridgehead atoms. The number of nitrogens with zero attached hydrogens (tertiary/aromatic N) is 3. The second-order valence-corrected chi connectivity index (χ2v) is 7.78. The number of hydrogen-bond acceptors (Lipinski definition) is 6. The molecule has 1 N–H and O–H groups in total. The number of rotatable bonds is 6. The minimum absolute atomic E-state index is 0.210. The zero-order valence-corrected chi connectivity index (χ0v) is 17.9. The van der Waals surface area contributed by atoms with Crippen LogP contribution in [0.3, 0.4) is 0 Å². The Kier molecular flexibility index (Phi) is 6.39. The maximum absolute atomic E-state index is 12.6. The number of aromatic carboxylic acids is 1. The smallest absolute Gasteiger partial charge is 0.410 e. The quantitative estimate of drug-likeness (QED) is 0.746. The van der Waals surface area contributed by atoms with E-state index in [2.05, 4.69) is 9.89 Å². The summed E-state index contributed by atoms with van der Waals surface area (Å²) in [6, 6.07) is 14.3. The van der Waals surface area contributed by atoms with Crippen molar-refractivity contribution in [1.82, 2.24) is 9.80 Å². The molecule has 8 heteroatoms. The Labute approximate surface area is 186 Å². The van der Waals surface area contributed by atoms with Gasteiger partial charge in [-0.3, -0.25) is 0 Å². The maximum atomic E-state index is 12.6. The van der Waals surface area contributed by atoms with Gasteiger partial charge in [-0.1, -0.05) is 24.3 Å². The Morgan fingerprint density at radius 1 is 1.03 bits per heavy atom. The van der Waals surface area contributed by atoms with Crippen molar-refractivity contribution in [2.24, 2.45) is 4.99 Å². The van der Waals surface area contributed by atoms with Crippen molar-refractivity contribution in [2.45, 2.75) is 19.6 Å². The topological polar surface area (TPSA) is 91.7 Å². The lowest BCUT2D eigenvalue weighted by Gasteiger charge is -2.34. The normalized spacial score (nSPS) is 15.4. The SMILES string of the molecule is COc1ccc(COC(=O)N2CCC3=C(CN(Cc4ccc(C(=O)O)cc4)C=N3)C2)cc1. The molecule has 2 aromatic rings. The van der Waals surface area contributed by atoms with Crippen LogP contribution < -0.4 is 4.74 Å². The van der Waals surface area contributed by atoms with E-state index in [1.165, 1.54) is 0 Å². The van der Waals surface area contributed by atoms with Crippen LogP contribution in [0.15, 0.2) is 64.8 Å². The molecule has 0 aliphatic carbocycles. The molecule has 2 aromatic carbocycles. The molecule has 32 heavy (non-hydrogen) atoms. The Balaban J connectivity index is 1.31. The van der Waals surface area contributed by atoms with Crippen molar-refractivity contribution in [1.29, 1.82) is 0 Å². The summed E-state index contributed by atoms with van der Waals surface area (Å²) in [5.41, 5.74) is 4.29. The molecule has 0 fully saturated rings. The molecule has 0 radical (unpaired) electrons. The number of carboxylic acids is 1. The monoisotopic (exact) mass is 435 g/mol. The van der Waals surface area contributed by atoms with Crippen molar-refractivity contribution in [2.75, 3.05) is 26.7 Å². The second kappa shape index (κ2) is 9.55. The highest BCUT2D eigenvalue weighted by molar-refractivity contribution is 5.87. The number of ether oxygens (including phenoxy) is 2. The van der Waals surface area contributed by atoms with Crippen molar-refractivity contribution < 1.29 is 24.2 Å². The predicted octanol–water partition coefficient (Wildman–Crippen LogP) is 3.53. The molecule has 2 heterocycles. The molecule has 0 spiro atoms. The van der Waals surface area contributed by atoms with E-state index in [0.717, 1.165) is 28.1 Å². The number of hydrogen-bond donors (Lipinski definition) is 1. The third-order valence-corrected chi connectivity index (χ3v) is 5.55. The van der Waals surface area contributed by atoms with Gasteiger partial charge in [-0.15, -0.1) is 0 Å². The number of aliphatic imine (C=N–C) groups is 1. The van der Waals surface area contributed by atoms with Crippen LogP contribution in [-0.4, -0.2) is 60.1 Å². The number of carboxylic acid groups (broad SMARTS) is 1. The highest BCUT2D eigenvalue weighted by Gasteiger charge is 2.26. The number of methoxy groups -OCH3 is 1. The first-order chi connectivity index (χ1) is 15.5. The zero-order valence-electron chi connectivity index (χ0n) is 17.9. The van der Waals surface area contributed by atoms with Crippen LogP contribution >= 0.6 is 0 Å². The van der Waals surface area contributed by atoms with Gasteiger partial charge in [-0.05, 0) is 41.0 Å². The van der Waals surface area contributed by atoms with Crippen LogP contribution in [0.25, 0.3) is 0 Å². The molecule has 2 aliphatic rings. The van der Waals surface area contributed by atoms with Crippen molar-refractivity contribution in [3.05, 3.63) is 76.5 Å². The maximum Gasteiger partial charge on any atom is 0.410 e. The fourth-order valence-electron chi connectivity index (χ4n) is 3.75. The van der Waals surface area contributed by atoms with Crippen LogP contribution in [0, 0.1) is 0 Å². The van der Waals surface area contributed by atoms with Crippen LogP contribution in [0.1, 0.15) is 27.9 Å². The molecule has 166 valence electrons. The summed E-state index contributed by atoms with van der Waals surface area (Å²) in [5.74, 6) is -0.178. The van der Waals surface area contributed by atoms with Gasteiger partial charge in [-0.2, -0.15) is 0 Å². The number of benzene rings is 2. The lowest BCUT2D eigenvalue weighted by molar-refractivity contribution is 0.0696. The third kappa shape index (κ3) is 5.08. The Bertz CT molecular complexity index is 1040. The Morgan fingerprint density at radius 2 is 1.75 bits per heavy atom. The predicted molar refractivity (Wildman–Crippen MR) is 119 cm³/mol. The van der Waals surface area contributed by atoms with Crippen molar-refractivity contribution >= 4 is 18.4 Å². The summed E-state index contributed by atoms with van der Waals surface area (Å²) in [7, 11) is 1.61. The van der Waals surface area contributed by atoms with E-state index < -0.39 is 5.97 Å². The fourth-order valence-corrected chi connectivity index (χ4v) is 3.75. The van der Waals surface area contributed by atoms with Crippen LogP contribution in [0.4, 0.5) is 4.79 Å². The highest BCUT2D eigenvalue weighted by Crippen LogP contribution is 2.24. The summed E-state index contributed by atoms with van der Waals surface area (Å²) in [6.07, 6.45) is 2.18. The highest BCUT2D eigenvalue weighted by atomic mass is 16.6. The summed E-state index contributed by atoms with van der Waals surface area (Å²) < 4.78 is 10.6. The molecule has 4 rings (SSSR count). The zero-order chi connectivity index (χ0) is 22.5. The number of amides is 1. The van der Waals surface area contributed by atoms with Crippen LogP contribution in [-0.2, 0) is 17.9 Å². The minimum atomic E-state index is -0.938. The standard InChI is InChI=1S/C24H25N3O5/c1-31-21-8-4-18(5-9-21)15-32-24(30)27-11-10-22-20(14-27)13-26(16-25-22)12-17-2-6-19(7-3-17)23(28)29/h2-9,16H,10-15H2,1H3,(H,28,29). The lowest BCUT2D eigenvalue weighted by atomic mass is 10.0. The van der Waals surface area contributed by atoms with Gasteiger partial charge in [-0.25, -0.2) is 14.6 Å². The van der Waals surface area contributed by atoms with Crippen LogP contribution in [0.5, 0.6) is 5.75 Å². The van der Waals surface area contributed by atoms with Crippen LogP contribution in [0.2, 0.25) is 0 Å². The first-order valence-corrected chi connectivity index (χ1v) is 10.4. The van der Waals surface area contributed by atoms with Gasteiger partial charge < -0.3 is 24.4 Å². The molecular weight excluding hydrogens is 410 g/mol. The molecule has 0 saturated carbocycles. The molecule has 0 aromatic heterocycles. The molecular formula is C24H25N3O5. The van der Waals surface area contributed by atoms with E-state index in [1.54, 1.807) is 24.1 Å². The average Bonchev–Trinajstić information content (AvgIpc) is 2.82. The van der Waals surface area contributed by atoms with Gasteiger partial charge in [0, 0.05) is 38.3 Å². The third-order valence-electron chi connectivity index (χ3n) is 5.55. The molecule has 8 nitrogen and oxygen atoms in total. The molecule has 1 amide bonds. The van der Waals surface area contributed by atoms with E-state index in [0.29, 0.717) is 32.6 Å². The van der Waals surface area contributed by atoms with Gasteiger partial charge in [0.15, 0.2) is 0 Å². The van der Waals surface area contributed by atoms with Crippen molar-refractivity contribution in [3.63, 3.8) is 0 Å². The van der Waals surface area contributed by atoms with Gasteiger partial charge >= 0.3 is 12.1 Å². The Hall–Kier alpha value is -3.81. The first-order valence-electron chi connectivity index (χ1n) is 10.4. The fraction of sp³-hybridized carbons (Fsp3) is 0.292. The molecule has 0 saturated heterocycles. The van der Waals surface area contributed by atoms with Crippen molar-refractivity contribution in [3.8, 4) is 5.75 Å². The minimum Gasteiger partial charge on any atom is -0.497 e. The van der Waals surface area contributed by atoms with E-state index >= 15 is 0 Å². The molecule has 0 atom stereocenters. The summed E-state index contributed by atoms with van der Waals surface area (Å²) in [5, 5.41) is 9.04. The van der Waals surface area contributed by atoms with E-state index in [-0.39, 0.29) is 18.3 Å². The summed E-state index contributed by atoms with van der Waals surface area (Å²) >= 11 is 0. The molecule has 0 unspecified atom stereocenters. The van der Waals surface area contributed by atoms with Gasteiger partial charge in [0.05, 0.1) is 19.0 Å². The van der Waals surface area contributed by atoms with Gasteiger partial charge in [0.1, 0.15) is 12.4 Å². The second-order valence-electron chi connectivity index (χ2n) is 7.78. The van der Waals surface area contributed by atoms with E-state index in [4.69, 9.17) is 14.6 Å². The van der Waals surface area contributed by atoms with E-state index in [9.17, 15) is 9.59 Å². The number of carbonyl (C=O) groups is 2. The first kappa shape index (κ1) is 21.4. The number of carbonyl (C=O) groups excluding carboxylic acids is 1. The lowest BCUT2D eigenvalue weighted by Crippen LogP contribution is -2.41. The van der Waals surface area contributed by atoms with Gasteiger partial charge in [0.25, 0.3) is 0 Å². The van der Waals surface area contributed by atoms with Gasteiger partial charge in [0.2, 0.25) is 0 Å². The van der Waals surface area contributed by atoms with E-state index in [1.807, 2.05) is 42.7 Å².